The van der Waals surface area contributed by atoms with E-state index in [1.807, 2.05) is 0 Å². The Morgan fingerprint density at radius 3 is 0.750 bits per heavy atom. The van der Waals surface area contributed by atoms with Gasteiger partial charge in [0.2, 0.25) is 0 Å². The molecule has 0 bridgehead atoms. The second-order valence-electron chi connectivity index (χ2n) is 2.19. The Labute approximate surface area is 126 Å². The first-order valence-corrected chi connectivity index (χ1v) is 9.53. The molecular formula is H2IrN6NaO12+. The zero-order chi connectivity index (χ0) is 15.9. The zero-order valence-electron chi connectivity index (χ0n) is 7.95. The van der Waals surface area contributed by atoms with Crippen LogP contribution in [0, 0.1) is 55.5 Å². The van der Waals surface area contributed by atoms with Crippen LogP contribution in [0.5, 0.6) is 0 Å². The maximum absolute atomic E-state index is 10.9. The number of rotatable bonds is 6. The van der Waals surface area contributed by atoms with Crippen molar-refractivity contribution in [2.24, 2.45) is 0 Å². The summed E-state index contributed by atoms with van der Waals surface area (Å²) in [6, 6.07) is 0. The summed E-state index contributed by atoms with van der Waals surface area (Å²) < 4.78 is -18.7. The van der Waals surface area contributed by atoms with Gasteiger partial charge in [-0.05, 0) is 0 Å². The topological polar surface area (TPSA) is 256 Å². The van der Waals surface area contributed by atoms with Crippen LogP contribution in [0.2, 0.25) is 0 Å². The van der Waals surface area contributed by atoms with Crippen LogP contribution in [0.15, 0.2) is 0 Å². The molecule has 1 N–H and O–H groups in total. The van der Waals surface area contributed by atoms with Crippen LogP contribution < -0.4 is 0 Å². The Morgan fingerprint density at radius 2 is 0.750 bits per heavy atom. The molecule has 0 radical (unpaired) electrons. The maximum atomic E-state index is 10.7. The second kappa shape index (κ2) is 4.56. The molecule has 18 nitrogen and oxygen atoms in total. The number of hydrogen-bond donors (Lipinski definition) is 1. The van der Waals surface area contributed by atoms with E-state index in [0.717, 1.165) is 0 Å². The van der Waals surface area contributed by atoms with Gasteiger partial charge in [-0.15, -0.1) is 0 Å². The van der Waals surface area contributed by atoms with Crippen molar-refractivity contribution in [1.29, 1.82) is 0 Å². The quantitative estimate of drug-likeness (QED) is 0.231. The molecule has 0 aliphatic rings. The molecule has 0 aromatic carbocycles. The van der Waals surface area contributed by atoms with Crippen LogP contribution in [0.4, 0.5) is 0 Å². The van der Waals surface area contributed by atoms with E-state index in [1.165, 1.54) is 0 Å². The first-order valence-electron chi connectivity index (χ1n) is 3.10. The van der Waals surface area contributed by atoms with Gasteiger partial charge in [-0.3, -0.25) is 0 Å². The molecule has 0 aliphatic carbocycles. The minimum atomic E-state index is -10.9. The Morgan fingerprint density at radius 1 is 0.600 bits per heavy atom. The van der Waals surface area contributed by atoms with Crippen LogP contribution in [-0.4, -0.2) is 56.3 Å². The number of nitrogens with zero attached hydrogens (tertiary/aromatic N) is 6. The van der Waals surface area contributed by atoms with Crippen LogP contribution in [0.3, 0.4) is 0 Å². The Bertz CT molecular complexity index is 431. The van der Waals surface area contributed by atoms with Crippen molar-refractivity contribution in [3.8, 4) is 0 Å². The number of hydrogen-bond acceptors (Lipinski definition) is 11. The van der Waals surface area contributed by atoms with Gasteiger partial charge in [0, 0.05) is 0 Å². The van der Waals surface area contributed by atoms with E-state index in [2.05, 4.69) is 0 Å². The van der Waals surface area contributed by atoms with Gasteiger partial charge < -0.3 is 0 Å². The molecule has 0 atom stereocenters. The van der Waals surface area contributed by atoms with Gasteiger partial charge in [-0.25, -0.2) is 0 Å². The van der Waals surface area contributed by atoms with Crippen molar-refractivity contribution in [3.05, 3.63) is 55.5 Å². The summed E-state index contributed by atoms with van der Waals surface area (Å²) in [6.45, 7) is 0. The fraction of sp³-hybridized carbons (Fsp3) is 0. The molecule has 0 fully saturated rings. The van der Waals surface area contributed by atoms with Gasteiger partial charge in [-0.2, -0.15) is 0 Å². The molecule has 0 saturated carbocycles. The average Bonchev–Trinajstić information content (AvgIpc) is 2.15. The molecule has 0 spiro atoms. The van der Waals surface area contributed by atoms with Gasteiger partial charge in [0.05, 0.1) is 0 Å². The van der Waals surface area contributed by atoms with Gasteiger partial charge >= 0.3 is 126 Å². The van der Waals surface area contributed by atoms with Crippen LogP contribution in [-0.2, 0) is 14.3 Å². The molecule has 0 aromatic heterocycles. The Kier molecular flexibility index (Phi) is 4.64. The normalized spacial score (nSPS) is 13.8. The first-order chi connectivity index (χ1) is 8.34. The average molecular weight is 493 g/mol. The first kappa shape index (κ1) is 20.4. The molecule has 20 heavy (non-hydrogen) atoms. The third-order valence-electron chi connectivity index (χ3n) is 1.65. The van der Waals surface area contributed by atoms with Crippen LogP contribution in [0.1, 0.15) is 0 Å². The fourth-order valence-corrected chi connectivity index (χ4v) is 5.54. The molecule has 0 aliphatic heterocycles. The molecule has 0 rings (SSSR count). The SMILES string of the molecule is O=[N+]([O-])[Ir]([N+](=O)[O-])([N+](=O)[O-])([N+](=O)[O-])([N+](=O)[O-])[N+](=O)O.[NaH]. The van der Waals surface area contributed by atoms with Gasteiger partial charge in [0.15, 0.2) is 0 Å². The summed E-state index contributed by atoms with van der Waals surface area (Å²) in [6.07, 6.45) is 0. The van der Waals surface area contributed by atoms with Gasteiger partial charge in [0.1, 0.15) is 0 Å². The van der Waals surface area contributed by atoms with E-state index in [-0.39, 0.29) is 29.6 Å². The van der Waals surface area contributed by atoms with Crippen molar-refractivity contribution < 1.29 is 41.1 Å². The third kappa shape index (κ3) is 1.08. The number of nitro groups is 5. The van der Waals surface area contributed by atoms with E-state index in [9.17, 15) is 55.5 Å². The van der Waals surface area contributed by atoms with Crippen LogP contribution >= 0.6 is 0 Å². The van der Waals surface area contributed by atoms with Crippen molar-refractivity contribution in [2.75, 3.05) is 0 Å². The minimum absolute atomic E-state index is 0. The van der Waals surface area contributed by atoms with E-state index < -0.39 is 35.9 Å². The monoisotopic (exact) mass is 494 g/mol. The summed E-state index contributed by atoms with van der Waals surface area (Å²) in [5.41, 5.74) is 0. The summed E-state index contributed by atoms with van der Waals surface area (Å²) in [4.78, 5) is 63.6. The van der Waals surface area contributed by atoms with Crippen molar-refractivity contribution in [2.45, 2.75) is 0 Å². The zero-order valence-corrected chi connectivity index (χ0v) is 10.3. The summed E-state index contributed by atoms with van der Waals surface area (Å²) in [7, 11) is 0. The van der Waals surface area contributed by atoms with Crippen molar-refractivity contribution in [3.63, 3.8) is 0 Å². The van der Waals surface area contributed by atoms with Crippen molar-refractivity contribution in [1.82, 2.24) is 0 Å². The molecule has 20 heteroatoms. The molecule has 0 unspecified atom stereocenters. The third-order valence-corrected chi connectivity index (χ3v) is 13.5. The molecular weight excluding hydrogens is 491 g/mol. The fourth-order valence-electron chi connectivity index (χ4n) is 0.677. The van der Waals surface area contributed by atoms with E-state index >= 15 is 0 Å². The predicted octanol–water partition coefficient (Wildman–Crippen LogP) is -2.40. The predicted molar refractivity (Wildman–Crippen MR) is 47.5 cm³/mol. The summed E-state index contributed by atoms with van der Waals surface area (Å²) in [5.74, 6) is 0. The second-order valence-corrected chi connectivity index (χ2v) is 14.7. The molecule has 0 heterocycles. The Balaban J connectivity index is 0. The van der Waals surface area contributed by atoms with Crippen molar-refractivity contribution >= 4 is 29.6 Å². The molecule has 0 saturated heterocycles. The van der Waals surface area contributed by atoms with Gasteiger partial charge in [-0.1, -0.05) is 0 Å². The van der Waals surface area contributed by atoms with E-state index in [0.29, 0.717) is 0 Å². The summed E-state index contributed by atoms with van der Waals surface area (Å²) >= 11 is -10.9. The summed E-state index contributed by atoms with van der Waals surface area (Å²) in [5, 5.41) is 61.3. The standard InChI is InChI=1S/Ir.HNO2.5NO2.Na.H/c;6*2-1-3;;/h;(H,2,3);;;;;;;/q+1;;;;;;;;. The van der Waals surface area contributed by atoms with Gasteiger partial charge in [0.25, 0.3) is 0 Å². The molecule has 0 aromatic rings. The van der Waals surface area contributed by atoms with E-state index in [4.69, 9.17) is 5.21 Å². The van der Waals surface area contributed by atoms with E-state index in [1.54, 1.807) is 0 Å². The molecule has 113 valence electrons. The molecule has 0 amide bonds. The van der Waals surface area contributed by atoms with Crippen LogP contribution in [0.25, 0.3) is 0 Å². The Hall–Kier alpha value is -1.95.